The summed E-state index contributed by atoms with van der Waals surface area (Å²) in [6.45, 7) is 3.28. The van der Waals surface area contributed by atoms with Gasteiger partial charge in [0, 0.05) is 35.2 Å². The van der Waals surface area contributed by atoms with Gasteiger partial charge in [-0.25, -0.2) is 0 Å². The summed E-state index contributed by atoms with van der Waals surface area (Å²) in [4.78, 5) is 12.6. The van der Waals surface area contributed by atoms with Crippen LogP contribution in [-0.2, 0) is 14.3 Å². The second-order valence-electron chi connectivity index (χ2n) is 7.23. The van der Waals surface area contributed by atoms with Gasteiger partial charge in [0.1, 0.15) is 0 Å². The number of nitrogens with one attached hydrogen (secondary N) is 1. The van der Waals surface area contributed by atoms with Gasteiger partial charge in [-0.2, -0.15) is 0 Å². The molecular weight excluding hydrogens is 457 g/mol. The average Bonchev–Trinajstić information content (AvgIpc) is 3.50. The summed E-state index contributed by atoms with van der Waals surface area (Å²) in [6.07, 6.45) is 5.27. The van der Waals surface area contributed by atoms with Gasteiger partial charge >= 0.3 is 0 Å². The zero-order chi connectivity index (χ0) is 19.2. The smallest absolute Gasteiger partial charge is 0.286 e. The quantitative estimate of drug-likeness (QED) is 0.525. The van der Waals surface area contributed by atoms with E-state index in [1.807, 2.05) is 13.0 Å². The molecule has 1 aliphatic heterocycles. The van der Waals surface area contributed by atoms with Gasteiger partial charge in [0.2, 0.25) is 6.29 Å². The first-order chi connectivity index (χ1) is 13.1. The van der Waals surface area contributed by atoms with Crippen molar-refractivity contribution in [1.82, 2.24) is 5.32 Å². The Hall–Kier alpha value is -1.12. The van der Waals surface area contributed by atoms with E-state index in [-0.39, 0.29) is 24.3 Å². The predicted octanol–water partition coefficient (Wildman–Crippen LogP) is 3.57. The molecule has 1 heterocycles. The first-order valence-corrected chi connectivity index (χ1v) is 10.8. The lowest BCUT2D eigenvalue weighted by molar-refractivity contribution is -0.166. The number of allylic oxidation sites excluding steroid dienone is 1. The SMILES string of the molecule is CCO[C@@H]1OC(C(=O)NCC2CC2)=C[C@H](c2ccc(I)cc2)[C@H]1CCCO. The number of carbonyl (C=O) groups is 1. The Kier molecular flexibility index (Phi) is 7.55. The highest BCUT2D eigenvalue weighted by atomic mass is 127. The van der Waals surface area contributed by atoms with E-state index >= 15 is 0 Å². The number of rotatable bonds is 9. The second-order valence-corrected chi connectivity index (χ2v) is 8.48. The van der Waals surface area contributed by atoms with E-state index in [2.05, 4.69) is 52.2 Å². The number of halogens is 1. The van der Waals surface area contributed by atoms with Crippen molar-refractivity contribution in [2.75, 3.05) is 19.8 Å². The summed E-state index contributed by atoms with van der Waals surface area (Å²) in [7, 11) is 0. The lowest BCUT2D eigenvalue weighted by atomic mass is 9.80. The summed E-state index contributed by atoms with van der Waals surface area (Å²) in [5, 5.41) is 12.3. The highest BCUT2D eigenvalue weighted by Crippen LogP contribution is 2.39. The van der Waals surface area contributed by atoms with Crippen LogP contribution in [0.1, 0.15) is 44.1 Å². The molecule has 0 bridgehead atoms. The number of aliphatic hydroxyl groups excluding tert-OH is 1. The summed E-state index contributed by atoms with van der Waals surface area (Å²) < 4.78 is 13.0. The fraction of sp³-hybridized carbons (Fsp3) is 0.571. The number of aliphatic hydroxyl groups is 1. The first-order valence-electron chi connectivity index (χ1n) is 9.77. The maximum absolute atomic E-state index is 12.6. The minimum absolute atomic E-state index is 0.0144. The van der Waals surface area contributed by atoms with E-state index in [1.54, 1.807) is 0 Å². The summed E-state index contributed by atoms with van der Waals surface area (Å²) in [5.41, 5.74) is 1.14. The fourth-order valence-electron chi connectivity index (χ4n) is 3.48. The van der Waals surface area contributed by atoms with Crippen molar-refractivity contribution in [1.29, 1.82) is 0 Å². The fourth-order valence-corrected chi connectivity index (χ4v) is 3.84. The van der Waals surface area contributed by atoms with E-state index in [1.165, 1.54) is 16.4 Å². The molecule has 0 unspecified atom stereocenters. The molecule has 5 nitrogen and oxygen atoms in total. The topological polar surface area (TPSA) is 67.8 Å². The van der Waals surface area contributed by atoms with Gasteiger partial charge in [-0.3, -0.25) is 4.79 Å². The molecule has 27 heavy (non-hydrogen) atoms. The van der Waals surface area contributed by atoms with Crippen molar-refractivity contribution in [3.8, 4) is 0 Å². The molecule has 1 amide bonds. The Morgan fingerprint density at radius 3 is 2.70 bits per heavy atom. The molecule has 0 aromatic heterocycles. The molecule has 148 valence electrons. The molecule has 3 rings (SSSR count). The highest BCUT2D eigenvalue weighted by Gasteiger charge is 2.38. The van der Waals surface area contributed by atoms with Crippen LogP contribution >= 0.6 is 22.6 Å². The highest BCUT2D eigenvalue weighted by molar-refractivity contribution is 14.1. The second kappa shape index (κ2) is 9.89. The minimum Gasteiger partial charge on any atom is -0.459 e. The van der Waals surface area contributed by atoms with Gasteiger partial charge in [0.25, 0.3) is 5.91 Å². The molecule has 2 aliphatic rings. The van der Waals surface area contributed by atoms with Crippen LogP contribution in [0, 0.1) is 15.4 Å². The number of hydrogen-bond donors (Lipinski definition) is 2. The van der Waals surface area contributed by atoms with Crippen LogP contribution in [-0.4, -0.2) is 37.1 Å². The third kappa shape index (κ3) is 5.68. The van der Waals surface area contributed by atoms with Crippen LogP contribution in [0.4, 0.5) is 0 Å². The average molecular weight is 485 g/mol. The summed E-state index contributed by atoms with van der Waals surface area (Å²) in [5.74, 6) is 0.864. The van der Waals surface area contributed by atoms with Crippen LogP contribution in [0.25, 0.3) is 0 Å². The molecule has 0 saturated heterocycles. The molecule has 1 saturated carbocycles. The standard InChI is InChI=1S/C21H28INO4/c1-2-26-21-17(4-3-11-24)18(15-7-9-16(22)10-8-15)12-19(27-21)20(25)23-13-14-5-6-14/h7-10,12,14,17-18,21,24H,2-6,11,13H2,1H3,(H,23,25)/t17-,18-,21-/m1/s1. The number of carbonyl (C=O) groups excluding carboxylic acids is 1. The van der Waals surface area contributed by atoms with E-state index in [9.17, 15) is 9.90 Å². The number of benzene rings is 1. The summed E-state index contributed by atoms with van der Waals surface area (Å²) >= 11 is 2.29. The van der Waals surface area contributed by atoms with Crippen molar-refractivity contribution >= 4 is 28.5 Å². The maximum atomic E-state index is 12.6. The zero-order valence-electron chi connectivity index (χ0n) is 15.7. The molecule has 6 heteroatoms. The molecule has 3 atom stereocenters. The van der Waals surface area contributed by atoms with Crippen LogP contribution in [0.2, 0.25) is 0 Å². The molecular formula is C21H28INO4. The monoisotopic (exact) mass is 485 g/mol. The van der Waals surface area contributed by atoms with E-state index in [0.29, 0.717) is 31.2 Å². The Morgan fingerprint density at radius 2 is 2.07 bits per heavy atom. The van der Waals surface area contributed by atoms with E-state index in [0.717, 1.165) is 12.0 Å². The molecule has 0 spiro atoms. The van der Waals surface area contributed by atoms with Crippen molar-refractivity contribution in [3.05, 3.63) is 45.2 Å². The predicted molar refractivity (Wildman–Crippen MR) is 112 cm³/mol. The first kappa shape index (κ1) is 20.6. The van der Waals surface area contributed by atoms with E-state index < -0.39 is 6.29 Å². The Balaban J connectivity index is 1.86. The maximum Gasteiger partial charge on any atom is 0.286 e. The van der Waals surface area contributed by atoms with Crippen molar-refractivity contribution in [2.45, 2.75) is 44.8 Å². The minimum atomic E-state index is -0.488. The van der Waals surface area contributed by atoms with Crippen LogP contribution < -0.4 is 5.32 Å². The van der Waals surface area contributed by atoms with Crippen LogP contribution in [0.5, 0.6) is 0 Å². The molecule has 1 aromatic carbocycles. The van der Waals surface area contributed by atoms with Crippen LogP contribution in [0.15, 0.2) is 36.1 Å². The summed E-state index contributed by atoms with van der Waals surface area (Å²) in [6, 6.07) is 8.35. The Morgan fingerprint density at radius 1 is 1.33 bits per heavy atom. The Labute approximate surface area is 174 Å². The molecule has 0 radical (unpaired) electrons. The number of ether oxygens (including phenoxy) is 2. The number of amides is 1. The van der Waals surface area contributed by atoms with Gasteiger partial charge in [-0.05, 0) is 84.9 Å². The van der Waals surface area contributed by atoms with Crippen molar-refractivity contribution in [3.63, 3.8) is 0 Å². The molecule has 2 N–H and O–H groups in total. The van der Waals surface area contributed by atoms with Gasteiger partial charge < -0.3 is 19.9 Å². The lowest BCUT2D eigenvalue weighted by Crippen LogP contribution is -2.39. The van der Waals surface area contributed by atoms with Gasteiger partial charge in [0.15, 0.2) is 5.76 Å². The normalized spacial score (nSPS) is 24.9. The van der Waals surface area contributed by atoms with Crippen molar-refractivity contribution in [2.24, 2.45) is 11.8 Å². The van der Waals surface area contributed by atoms with Crippen molar-refractivity contribution < 1.29 is 19.4 Å². The lowest BCUT2D eigenvalue weighted by Gasteiger charge is -2.37. The van der Waals surface area contributed by atoms with Gasteiger partial charge in [0.05, 0.1) is 0 Å². The molecule has 1 aromatic rings. The molecule has 1 aliphatic carbocycles. The molecule has 1 fully saturated rings. The van der Waals surface area contributed by atoms with Crippen LogP contribution in [0.3, 0.4) is 0 Å². The number of hydrogen-bond acceptors (Lipinski definition) is 4. The zero-order valence-corrected chi connectivity index (χ0v) is 17.9. The third-order valence-corrected chi connectivity index (χ3v) is 5.86. The van der Waals surface area contributed by atoms with Gasteiger partial charge in [-0.1, -0.05) is 12.1 Å². The van der Waals surface area contributed by atoms with E-state index in [4.69, 9.17) is 9.47 Å². The van der Waals surface area contributed by atoms with Gasteiger partial charge in [-0.15, -0.1) is 0 Å². The largest absolute Gasteiger partial charge is 0.459 e. The Bertz CT molecular complexity index is 657. The third-order valence-electron chi connectivity index (χ3n) is 5.14.